The van der Waals surface area contributed by atoms with Crippen molar-refractivity contribution in [2.45, 2.75) is 64.4 Å². The second kappa shape index (κ2) is 12.8. The Hall–Kier alpha value is -3.32. The van der Waals surface area contributed by atoms with Crippen molar-refractivity contribution in [2.24, 2.45) is 0 Å². The molecule has 7 heteroatoms. The van der Waals surface area contributed by atoms with Gasteiger partial charge in [-0.2, -0.15) is 0 Å². The van der Waals surface area contributed by atoms with Crippen molar-refractivity contribution < 1.29 is 17.9 Å². The van der Waals surface area contributed by atoms with Crippen LogP contribution in [0.3, 0.4) is 0 Å². The van der Waals surface area contributed by atoms with Gasteiger partial charge in [-0.05, 0) is 87.1 Å². The first-order valence-electron chi connectivity index (χ1n) is 12.8. The van der Waals surface area contributed by atoms with Gasteiger partial charge in [-0.15, -0.1) is 0 Å². The predicted octanol–water partition coefficient (Wildman–Crippen LogP) is 5.85. The number of carbonyl (C=O) groups is 1. The minimum atomic E-state index is -3.93. The SMILES string of the molecule is Cc1ccc(S(=O)(=O)N(CC(=O)NCCCc2cccc(OC(C)C)c2)c2ccc(C(C)C)cc2)cc1. The van der Waals surface area contributed by atoms with Crippen LogP contribution in [0.2, 0.25) is 0 Å². The van der Waals surface area contributed by atoms with Gasteiger partial charge in [0.2, 0.25) is 5.91 Å². The topological polar surface area (TPSA) is 75.7 Å². The number of nitrogens with one attached hydrogen (secondary N) is 1. The van der Waals surface area contributed by atoms with Crippen molar-refractivity contribution in [3.63, 3.8) is 0 Å². The maximum atomic E-state index is 13.6. The summed E-state index contributed by atoms with van der Waals surface area (Å²) in [6.45, 7) is 10.2. The molecule has 0 fully saturated rings. The van der Waals surface area contributed by atoms with Crippen LogP contribution in [-0.4, -0.2) is 33.5 Å². The number of hydrogen-bond acceptors (Lipinski definition) is 4. The van der Waals surface area contributed by atoms with E-state index in [9.17, 15) is 13.2 Å². The van der Waals surface area contributed by atoms with Gasteiger partial charge < -0.3 is 10.1 Å². The Labute approximate surface area is 221 Å². The number of ether oxygens (including phenoxy) is 1. The first-order chi connectivity index (χ1) is 17.6. The molecule has 3 rings (SSSR count). The number of amides is 1. The minimum Gasteiger partial charge on any atom is -0.491 e. The Kier molecular flexibility index (Phi) is 9.75. The fourth-order valence-electron chi connectivity index (χ4n) is 3.93. The van der Waals surface area contributed by atoms with E-state index >= 15 is 0 Å². The van der Waals surface area contributed by atoms with Crippen LogP contribution >= 0.6 is 0 Å². The molecule has 0 atom stereocenters. The summed E-state index contributed by atoms with van der Waals surface area (Å²) in [4.78, 5) is 13.0. The third-order valence-electron chi connectivity index (χ3n) is 5.98. The third-order valence-corrected chi connectivity index (χ3v) is 7.77. The number of rotatable bonds is 12. The first-order valence-corrected chi connectivity index (χ1v) is 14.2. The van der Waals surface area contributed by atoms with Crippen molar-refractivity contribution in [1.82, 2.24) is 5.32 Å². The van der Waals surface area contributed by atoms with E-state index in [4.69, 9.17) is 4.74 Å². The third kappa shape index (κ3) is 8.09. The Morgan fingerprint density at radius 1 is 0.946 bits per heavy atom. The molecule has 37 heavy (non-hydrogen) atoms. The van der Waals surface area contributed by atoms with Crippen LogP contribution in [0.25, 0.3) is 0 Å². The van der Waals surface area contributed by atoms with E-state index in [0.29, 0.717) is 18.2 Å². The minimum absolute atomic E-state index is 0.107. The summed E-state index contributed by atoms with van der Waals surface area (Å²) in [5.41, 5.74) is 3.65. The summed E-state index contributed by atoms with van der Waals surface area (Å²) in [5, 5.41) is 2.89. The van der Waals surface area contributed by atoms with Gasteiger partial charge in [0.1, 0.15) is 12.3 Å². The molecule has 198 valence electrons. The highest BCUT2D eigenvalue weighted by Gasteiger charge is 2.27. The molecule has 0 heterocycles. The van der Waals surface area contributed by atoms with Crippen LogP contribution in [0, 0.1) is 6.92 Å². The van der Waals surface area contributed by atoms with Crippen molar-refractivity contribution in [2.75, 3.05) is 17.4 Å². The van der Waals surface area contributed by atoms with Gasteiger partial charge in [0.25, 0.3) is 10.0 Å². The summed E-state index contributed by atoms with van der Waals surface area (Å²) in [6, 6.07) is 22.0. The van der Waals surface area contributed by atoms with E-state index in [0.717, 1.165) is 35.3 Å². The Balaban J connectivity index is 1.68. The van der Waals surface area contributed by atoms with Crippen molar-refractivity contribution in [1.29, 1.82) is 0 Å². The first kappa shape index (κ1) is 28.3. The molecular weight excluding hydrogens is 484 g/mol. The number of sulfonamides is 1. The fraction of sp³-hybridized carbons (Fsp3) is 0.367. The molecule has 1 amide bonds. The van der Waals surface area contributed by atoms with Gasteiger partial charge in [0.15, 0.2) is 0 Å². The normalized spacial score (nSPS) is 11.5. The van der Waals surface area contributed by atoms with E-state index in [1.165, 1.54) is 4.31 Å². The fourth-order valence-corrected chi connectivity index (χ4v) is 5.35. The Bertz CT molecular complexity index is 1270. The molecule has 0 saturated heterocycles. The van der Waals surface area contributed by atoms with E-state index < -0.39 is 10.0 Å². The average Bonchev–Trinajstić information content (AvgIpc) is 2.85. The lowest BCUT2D eigenvalue weighted by atomic mass is 10.0. The zero-order chi connectivity index (χ0) is 27.0. The average molecular weight is 523 g/mol. The molecule has 0 aliphatic carbocycles. The summed E-state index contributed by atoms with van der Waals surface area (Å²) in [5.74, 6) is 0.801. The second-order valence-electron chi connectivity index (χ2n) is 9.84. The van der Waals surface area contributed by atoms with Gasteiger partial charge in [-0.1, -0.05) is 55.8 Å². The molecule has 0 saturated carbocycles. The van der Waals surface area contributed by atoms with Crippen LogP contribution in [-0.2, 0) is 21.2 Å². The number of carbonyl (C=O) groups excluding carboxylic acids is 1. The van der Waals surface area contributed by atoms with Gasteiger partial charge in [0, 0.05) is 6.54 Å². The summed E-state index contributed by atoms with van der Waals surface area (Å²) < 4.78 is 34.0. The highest BCUT2D eigenvalue weighted by molar-refractivity contribution is 7.92. The van der Waals surface area contributed by atoms with Crippen molar-refractivity contribution in [3.8, 4) is 5.75 Å². The van der Waals surface area contributed by atoms with Gasteiger partial charge in [-0.25, -0.2) is 8.42 Å². The van der Waals surface area contributed by atoms with E-state index in [-0.39, 0.29) is 23.5 Å². The molecule has 1 N–H and O–H groups in total. The molecule has 0 aliphatic heterocycles. The summed E-state index contributed by atoms with van der Waals surface area (Å²) >= 11 is 0. The lowest BCUT2D eigenvalue weighted by molar-refractivity contribution is -0.119. The molecule has 0 bridgehead atoms. The lowest BCUT2D eigenvalue weighted by Crippen LogP contribution is -2.41. The maximum absolute atomic E-state index is 13.6. The predicted molar refractivity (Wildman–Crippen MR) is 150 cm³/mol. The summed E-state index contributed by atoms with van der Waals surface area (Å²) in [7, 11) is -3.93. The number of hydrogen-bond donors (Lipinski definition) is 1. The number of benzene rings is 3. The van der Waals surface area contributed by atoms with E-state index in [2.05, 4.69) is 19.2 Å². The molecule has 0 spiro atoms. The van der Waals surface area contributed by atoms with Crippen LogP contribution in [0.1, 0.15) is 56.7 Å². The molecule has 0 aliphatic rings. The highest BCUT2D eigenvalue weighted by atomic mass is 32.2. The maximum Gasteiger partial charge on any atom is 0.264 e. The van der Waals surface area contributed by atoms with Gasteiger partial charge >= 0.3 is 0 Å². The van der Waals surface area contributed by atoms with Gasteiger partial charge in [0.05, 0.1) is 16.7 Å². The molecular formula is C30H38N2O4S. The van der Waals surface area contributed by atoms with Crippen LogP contribution in [0.4, 0.5) is 5.69 Å². The van der Waals surface area contributed by atoms with Gasteiger partial charge in [-0.3, -0.25) is 9.10 Å². The van der Waals surface area contributed by atoms with Crippen LogP contribution in [0.5, 0.6) is 5.75 Å². The van der Waals surface area contributed by atoms with Crippen LogP contribution in [0.15, 0.2) is 77.7 Å². The van der Waals surface area contributed by atoms with Crippen molar-refractivity contribution in [3.05, 3.63) is 89.5 Å². The molecule has 3 aromatic rings. The highest BCUT2D eigenvalue weighted by Crippen LogP contribution is 2.26. The smallest absolute Gasteiger partial charge is 0.264 e. The Morgan fingerprint density at radius 3 is 2.24 bits per heavy atom. The molecule has 6 nitrogen and oxygen atoms in total. The Morgan fingerprint density at radius 2 is 1.62 bits per heavy atom. The molecule has 0 aromatic heterocycles. The summed E-state index contributed by atoms with van der Waals surface area (Å²) in [6.07, 6.45) is 1.61. The second-order valence-corrected chi connectivity index (χ2v) is 11.7. The zero-order valence-corrected chi connectivity index (χ0v) is 23.2. The number of anilines is 1. The van der Waals surface area contributed by atoms with E-state index in [1.54, 1.807) is 36.4 Å². The largest absolute Gasteiger partial charge is 0.491 e. The number of aryl methyl sites for hydroxylation is 2. The lowest BCUT2D eigenvalue weighted by Gasteiger charge is -2.24. The molecule has 0 radical (unpaired) electrons. The van der Waals surface area contributed by atoms with Crippen molar-refractivity contribution >= 4 is 21.6 Å². The quantitative estimate of drug-likeness (QED) is 0.303. The standard InChI is InChI=1S/C30H38N2O4S/c1-22(2)26-13-15-27(16-14-26)32(37(34,35)29-17-11-24(5)12-18-29)21-30(33)31-19-7-9-25-8-6-10-28(20-25)36-23(3)4/h6,8,10-18,20,22-23H,7,9,19,21H2,1-5H3,(H,31,33). The molecule has 3 aromatic carbocycles. The zero-order valence-electron chi connectivity index (χ0n) is 22.4. The number of nitrogens with zero attached hydrogens (tertiary/aromatic N) is 1. The molecule has 0 unspecified atom stereocenters. The monoisotopic (exact) mass is 522 g/mol. The van der Waals surface area contributed by atoms with Crippen LogP contribution < -0.4 is 14.4 Å². The van der Waals surface area contributed by atoms with E-state index in [1.807, 2.05) is 57.2 Å².